The SMILES string of the molecule is CCOC(=O)c1nnc(SCc2csc(C(C)(C)C)n2)o1. The highest BCUT2D eigenvalue weighted by Crippen LogP contribution is 2.28. The van der Waals surface area contributed by atoms with E-state index in [4.69, 9.17) is 9.15 Å². The molecule has 0 aliphatic rings. The summed E-state index contributed by atoms with van der Waals surface area (Å²) >= 11 is 2.99. The predicted octanol–water partition coefficient (Wildman–Crippen LogP) is 3.29. The highest BCUT2D eigenvalue weighted by atomic mass is 32.2. The minimum Gasteiger partial charge on any atom is -0.459 e. The van der Waals surface area contributed by atoms with E-state index in [1.54, 1.807) is 18.3 Å². The Hall–Kier alpha value is -1.41. The first kappa shape index (κ1) is 16.0. The summed E-state index contributed by atoms with van der Waals surface area (Å²) < 4.78 is 10.0. The lowest BCUT2D eigenvalue weighted by molar-refractivity contribution is 0.0475. The highest BCUT2D eigenvalue weighted by molar-refractivity contribution is 7.98. The van der Waals surface area contributed by atoms with Crippen molar-refractivity contribution in [2.75, 3.05) is 6.61 Å². The highest BCUT2D eigenvalue weighted by Gasteiger charge is 2.19. The molecule has 0 unspecified atom stereocenters. The van der Waals surface area contributed by atoms with E-state index >= 15 is 0 Å². The number of nitrogens with zero attached hydrogens (tertiary/aromatic N) is 3. The number of ether oxygens (including phenoxy) is 1. The third kappa shape index (κ3) is 4.28. The summed E-state index contributed by atoms with van der Waals surface area (Å²) in [6, 6.07) is 0. The van der Waals surface area contributed by atoms with Crippen LogP contribution in [0.5, 0.6) is 0 Å². The van der Waals surface area contributed by atoms with Crippen molar-refractivity contribution >= 4 is 29.1 Å². The summed E-state index contributed by atoms with van der Waals surface area (Å²) in [5.74, 6) is -0.0923. The van der Waals surface area contributed by atoms with Gasteiger partial charge in [0.25, 0.3) is 5.22 Å². The maximum atomic E-state index is 11.4. The molecular formula is C13H17N3O3S2. The van der Waals surface area contributed by atoms with Crippen molar-refractivity contribution in [3.63, 3.8) is 0 Å². The Labute approximate surface area is 131 Å². The fourth-order valence-electron chi connectivity index (χ4n) is 1.40. The molecule has 0 saturated carbocycles. The minimum atomic E-state index is -0.597. The molecule has 0 bridgehead atoms. The van der Waals surface area contributed by atoms with E-state index in [1.807, 2.05) is 5.38 Å². The summed E-state index contributed by atoms with van der Waals surface area (Å²) in [4.78, 5) is 16.0. The van der Waals surface area contributed by atoms with Crippen LogP contribution < -0.4 is 0 Å². The lowest BCUT2D eigenvalue weighted by Gasteiger charge is -2.13. The lowest BCUT2D eigenvalue weighted by Crippen LogP contribution is -2.10. The van der Waals surface area contributed by atoms with Gasteiger partial charge >= 0.3 is 11.9 Å². The van der Waals surface area contributed by atoms with E-state index in [0.29, 0.717) is 11.0 Å². The molecule has 0 fully saturated rings. The number of rotatable bonds is 5. The first-order valence-corrected chi connectivity index (χ1v) is 8.35. The van der Waals surface area contributed by atoms with Crippen molar-refractivity contribution in [3.05, 3.63) is 22.0 Å². The van der Waals surface area contributed by atoms with E-state index in [0.717, 1.165) is 10.7 Å². The summed E-state index contributed by atoms with van der Waals surface area (Å²) in [7, 11) is 0. The molecule has 114 valence electrons. The topological polar surface area (TPSA) is 78.1 Å². The standard InChI is InChI=1S/C13H17N3O3S2/c1-5-18-10(17)9-15-16-12(19-9)21-7-8-6-20-11(14-8)13(2,3)4/h6H,5,7H2,1-4H3. The van der Waals surface area contributed by atoms with Crippen molar-refractivity contribution in [1.29, 1.82) is 0 Å². The summed E-state index contributed by atoms with van der Waals surface area (Å²) in [6.45, 7) is 8.39. The monoisotopic (exact) mass is 327 g/mol. The Balaban J connectivity index is 1.94. The van der Waals surface area contributed by atoms with Crippen LogP contribution in [-0.2, 0) is 15.9 Å². The van der Waals surface area contributed by atoms with Crippen LogP contribution in [0.2, 0.25) is 0 Å². The Morgan fingerprint density at radius 1 is 1.43 bits per heavy atom. The quantitative estimate of drug-likeness (QED) is 0.616. The van der Waals surface area contributed by atoms with Crippen molar-refractivity contribution in [2.45, 2.75) is 44.1 Å². The second kappa shape index (κ2) is 6.57. The second-order valence-corrected chi connectivity index (χ2v) is 7.06. The number of carbonyl (C=O) groups excluding carboxylic acids is 1. The molecule has 2 rings (SSSR count). The van der Waals surface area contributed by atoms with Crippen molar-refractivity contribution in [3.8, 4) is 0 Å². The Kier molecular flexibility index (Phi) is 5.00. The lowest BCUT2D eigenvalue weighted by atomic mass is 9.98. The number of carbonyl (C=O) groups is 1. The Morgan fingerprint density at radius 2 is 2.19 bits per heavy atom. The van der Waals surface area contributed by atoms with Gasteiger partial charge in [-0.2, -0.15) is 0 Å². The third-order valence-electron chi connectivity index (χ3n) is 2.39. The van der Waals surface area contributed by atoms with Crippen LogP contribution in [0, 0.1) is 0 Å². The van der Waals surface area contributed by atoms with E-state index in [2.05, 4.69) is 36.0 Å². The molecule has 0 aromatic carbocycles. The molecule has 0 aliphatic heterocycles. The zero-order chi connectivity index (χ0) is 15.5. The number of hydrogen-bond acceptors (Lipinski definition) is 8. The fraction of sp³-hybridized carbons (Fsp3) is 0.538. The van der Waals surface area contributed by atoms with Gasteiger partial charge in [-0.15, -0.1) is 16.4 Å². The molecule has 21 heavy (non-hydrogen) atoms. The molecule has 2 heterocycles. The molecule has 0 N–H and O–H groups in total. The fourth-order valence-corrected chi connectivity index (χ4v) is 3.07. The number of thioether (sulfide) groups is 1. The van der Waals surface area contributed by atoms with Gasteiger partial charge in [0.15, 0.2) is 0 Å². The van der Waals surface area contributed by atoms with Gasteiger partial charge in [0.2, 0.25) is 0 Å². The van der Waals surface area contributed by atoms with Gasteiger partial charge in [-0.3, -0.25) is 0 Å². The number of aromatic nitrogens is 3. The molecule has 0 saturated heterocycles. The van der Waals surface area contributed by atoms with Crippen LogP contribution in [-0.4, -0.2) is 27.8 Å². The average molecular weight is 327 g/mol. The molecule has 8 heteroatoms. The van der Waals surface area contributed by atoms with Crippen molar-refractivity contribution < 1.29 is 13.9 Å². The van der Waals surface area contributed by atoms with Gasteiger partial charge in [0.1, 0.15) is 0 Å². The maximum absolute atomic E-state index is 11.4. The Morgan fingerprint density at radius 3 is 2.81 bits per heavy atom. The molecule has 0 atom stereocenters. The predicted molar refractivity (Wildman–Crippen MR) is 80.6 cm³/mol. The summed E-state index contributed by atoms with van der Waals surface area (Å²) in [5, 5.41) is 10.9. The molecule has 6 nitrogen and oxygen atoms in total. The molecule has 2 aromatic heterocycles. The molecule has 2 aromatic rings. The van der Waals surface area contributed by atoms with Gasteiger partial charge in [-0.1, -0.05) is 37.6 Å². The average Bonchev–Trinajstić information content (AvgIpc) is 3.05. The maximum Gasteiger partial charge on any atom is 0.396 e. The number of esters is 1. The van der Waals surface area contributed by atoms with Crippen LogP contribution in [0.4, 0.5) is 0 Å². The van der Waals surface area contributed by atoms with Crippen LogP contribution in [0.1, 0.15) is 49.1 Å². The largest absolute Gasteiger partial charge is 0.459 e. The van der Waals surface area contributed by atoms with Gasteiger partial charge in [-0.05, 0) is 6.92 Å². The van der Waals surface area contributed by atoms with Gasteiger partial charge in [0, 0.05) is 16.5 Å². The smallest absolute Gasteiger partial charge is 0.396 e. The van der Waals surface area contributed by atoms with E-state index < -0.39 is 5.97 Å². The zero-order valence-electron chi connectivity index (χ0n) is 12.4. The van der Waals surface area contributed by atoms with Crippen molar-refractivity contribution in [2.24, 2.45) is 0 Å². The number of thiazole rings is 1. The van der Waals surface area contributed by atoms with Crippen LogP contribution in [0.15, 0.2) is 15.0 Å². The van der Waals surface area contributed by atoms with Gasteiger partial charge in [-0.25, -0.2) is 9.78 Å². The molecular weight excluding hydrogens is 310 g/mol. The summed E-state index contributed by atoms with van der Waals surface area (Å²) in [6.07, 6.45) is 0. The van der Waals surface area contributed by atoms with Crippen molar-refractivity contribution in [1.82, 2.24) is 15.2 Å². The van der Waals surface area contributed by atoms with E-state index in [-0.39, 0.29) is 17.9 Å². The normalized spacial score (nSPS) is 11.6. The van der Waals surface area contributed by atoms with Crippen LogP contribution >= 0.6 is 23.1 Å². The van der Waals surface area contributed by atoms with Gasteiger partial charge in [0.05, 0.1) is 17.3 Å². The number of hydrogen-bond donors (Lipinski definition) is 0. The first-order valence-electron chi connectivity index (χ1n) is 6.48. The molecule has 0 spiro atoms. The van der Waals surface area contributed by atoms with Gasteiger partial charge < -0.3 is 9.15 Å². The second-order valence-electron chi connectivity index (χ2n) is 5.28. The third-order valence-corrected chi connectivity index (χ3v) is 4.56. The van der Waals surface area contributed by atoms with E-state index in [1.165, 1.54) is 11.8 Å². The molecule has 0 aliphatic carbocycles. The minimum absolute atomic E-state index is 0.0507. The molecule has 0 radical (unpaired) electrons. The Bertz CT molecular complexity index is 616. The summed E-state index contributed by atoms with van der Waals surface area (Å²) in [5.41, 5.74) is 1.01. The van der Waals surface area contributed by atoms with Crippen LogP contribution in [0.25, 0.3) is 0 Å². The molecule has 0 amide bonds. The van der Waals surface area contributed by atoms with Crippen LogP contribution in [0.3, 0.4) is 0 Å². The zero-order valence-corrected chi connectivity index (χ0v) is 14.0. The first-order chi connectivity index (χ1) is 9.90. The van der Waals surface area contributed by atoms with E-state index in [9.17, 15) is 4.79 Å².